The van der Waals surface area contributed by atoms with E-state index in [0.29, 0.717) is 5.92 Å². The Hall–Kier alpha value is -0.550. The highest BCUT2D eigenvalue weighted by Gasteiger charge is 2.20. The van der Waals surface area contributed by atoms with Crippen molar-refractivity contribution in [2.45, 2.75) is 39.0 Å². The summed E-state index contributed by atoms with van der Waals surface area (Å²) in [7, 11) is 0. The van der Waals surface area contributed by atoms with Gasteiger partial charge in [-0.3, -0.25) is 0 Å². The fourth-order valence-electron chi connectivity index (χ4n) is 2.00. The Balaban J connectivity index is 2.07. The minimum absolute atomic E-state index is 0.659. The van der Waals surface area contributed by atoms with E-state index in [9.17, 15) is 0 Å². The van der Waals surface area contributed by atoms with Crippen LogP contribution in [0.25, 0.3) is 0 Å². The van der Waals surface area contributed by atoms with Gasteiger partial charge in [-0.05, 0) is 31.8 Å². The maximum absolute atomic E-state index is 8.56. The van der Waals surface area contributed by atoms with Crippen LogP contribution in [0.1, 0.15) is 39.0 Å². The molecule has 74 valence electrons. The zero-order chi connectivity index (χ0) is 9.52. The highest BCUT2D eigenvalue weighted by molar-refractivity contribution is 4.83. The average Bonchev–Trinajstić information content (AvgIpc) is 2.54. The minimum Gasteiger partial charge on any atom is -0.303 e. The Labute approximate surface area is 81.5 Å². The monoisotopic (exact) mass is 180 g/mol. The maximum Gasteiger partial charge on any atom is 0.0625 e. The molecule has 1 unspecified atom stereocenters. The topological polar surface area (TPSA) is 27.0 Å². The second-order valence-electron chi connectivity index (χ2n) is 4.02. The predicted molar refractivity (Wildman–Crippen MR) is 54.3 cm³/mol. The van der Waals surface area contributed by atoms with Crippen molar-refractivity contribution in [3.05, 3.63) is 0 Å². The Morgan fingerprint density at radius 1 is 1.46 bits per heavy atom. The zero-order valence-corrected chi connectivity index (χ0v) is 8.63. The number of unbranched alkanes of at least 4 members (excludes halogenated alkanes) is 2. The second kappa shape index (κ2) is 5.99. The van der Waals surface area contributed by atoms with E-state index in [1.165, 1.54) is 38.8 Å². The Bertz CT molecular complexity index is 171. The summed E-state index contributed by atoms with van der Waals surface area (Å²) in [6, 6.07) is 2.27. The van der Waals surface area contributed by atoms with Gasteiger partial charge in [0.05, 0.1) is 6.07 Å². The molecular formula is C11H20N2. The molecule has 0 aromatic heterocycles. The molecule has 0 spiro atoms. The SMILES string of the molecule is CCCCCN1CCC(CC#N)C1. The lowest BCUT2D eigenvalue weighted by Crippen LogP contribution is -2.21. The van der Waals surface area contributed by atoms with Crippen LogP contribution in [0.15, 0.2) is 0 Å². The highest BCUT2D eigenvalue weighted by Crippen LogP contribution is 2.19. The van der Waals surface area contributed by atoms with Crippen LogP contribution in [0.5, 0.6) is 0 Å². The van der Waals surface area contributed by atoms with Gasteiger partial charge in [-0.15, -0.1) is 0 Å². The maximum atomic E-state index is 8.56. The molecule has 1 fully saturated rings. The number of hydrogen-bond acceptors (Lipinski definition) is 2. The van der Waals surface area contributed by atoms with Gasteiger partial charge in [-0.25, -0.2) is 0 Å². The van der Waals surface area contributed by atoms with Gasteiger partial charge >= 0.3 is 0 Å². The first kappa shape index (κ1) is 10.5. The lowest BCUT2D eigenvalue weighted by atomic mass is 10.1. The van der Waals surface area contributed by atoms with E-state index in [1.54, 1.807) is 0 Å². The first-order valence-corrected chi connectivity index (χ1v) is 5.46. The lowest BCUT2D eigenvalue weighted by molar-refractivity contribution is 0.316. The van der Waals surface area contributed by atoms with Crippen LogP contribution in [0.3, 0.4) is 0 Å². The Morgan fingerprint density at radius 2 is 2.31 bits per heavy atom. The van der Waals surface area contributed by atoms with Crippen LogP contribution in [0.2, 0.25) is 0 Å². The summed E-state index contributed by atoms with van der Waals surface area (Å²) >= 11 is 0. The van der Waals surface area contributed by atoms with Crippen molar-refractivity contribution in [2.75, 3.05) is 19.6 Å². The standard InChI is InChI=1S/C11H20N2/c1-2-3-4-8-13-9-6-11(10-13)5-7-12/h11H,2-6,8-10H2,1H3. The number of nitrogens with zero attached hydrogens (tertiary/aromatic N) is 2. The van der Waals surface area contributed by atoms with Crippen LogP contribution in [0.4, 0.5) is 0 Å². The fourth-order valence-corrected chi connectivity index (χ4v) is 2.00. The van der Waals surface area contributed by atoms with Gasteiger partial charge in [-0.2, -0.15) is 5.26 Å². The van der Waals surface area contributed by atoms with Crippen molar-refractivity contribution in [2.24, 2.45) is 5.92 Å². The summed E-state index contributed by atoms with van der Waals surface area (Å²) in [5.74, 6) is 0.659. The van der Waals surface area contributed by atoms with E-state index in [1.807, 2.05) is 0 Å². The molecule has 1 heterocycles. The van der Waals surface area contributed by atoms with Crippen molar-refractivity contribution in [1.82, 2.24) is 4.90 Å². The Morgan fingerprint density at radius 3 is 3.00 bits per heavy atom. The quantitative estimate of drug-likeness (QED) is 0.607. The average molecular weight is 180 g/mol. The van der Waals surface area contributed by atoms with Gasteiger partial charge in [-0.1, -0.05) is 19.8 Å². The first-order chi connectivity index (χ1) is 6.36. The number of likely N-dealkylation sites (tertiary alicyclic amines) is 1. The largest absolute Gasteiger partial charge is 0.303 e. The van der Waals surface area contributed by atoms with E-state index < -0.39 is 0 Å². The second-order valence-corrected chi connectivity index (χ2v) is 4.02. The van der Waals surface area contributed by atoms with Crippen molar-refractivity contribution in [3.8, 4) is 6.07 Å². The summed E-state index contributed by atoms with van der Waals surface area (Å²) in [6.07, 6.45) is 5.97. The number of rotatable bonds is 5. The molecule has 0 radical (unpaired) electrons. The molecule has 0 aromatic rings. The van der Waals surface area contributed by atoms with Crippen LogP contribution in [0, 0.1) is 17.2 Å². The highest BCUT2D eigenvalue weighted by atomic mass is 15.1. The molecule has 0 amide bonds. The zero-order valence-electron chi connectivity index (χ0n) is 8.63. The van der Waals surface area contributed by atoms with Gasteiger partial charge in [0.2, 0.25) is 0 Å². The van der Waals surface area contributed by atoms with Gasteiger partial charge in [0.15, 0.2) is 0 Å². The molecule has 0 aliphatic carbocycles. The van der Waals surface area contributed by atoms with Crippen molar-refractivity contribution < 1.29 is 0 Å². The van der Waals surface area contributed by atoms with E-state index in [2.05, 4.69) is 17.9 Å². The lowest BCUT2D eigenvalue weighted by Gasteiger charge is -2.14. The molecule has 0 bridgehead atoms. The van der Waals surface area contributed by atoms with Crippen molar-refractivity contribution >= 4 is 0 Å². The van der Waals surface area contributed by atoms with Crippen LogP contribution in [-0.4, -0.2) is 24.5 Å². The van der Waals surface area contributed by atoms with Crippen LogP contribution in [-0.2, 0) is 0 Å². The van der Waals surface area contributed by atoms with Crippen LogP contribution >= 0.6 is 0 Å². The fraction of sp³-hybridized carbons (Fsp3) is 0.909. The molecule has 1 rings (SSSR count). The molecule has 1 aliphatic heterocycles. The summed E-state index contributed by atoms with van der Waals surface area (Å²) in [5, 5.41) is 8.56. The van der Waals surface area contributed by atoms with E-state index in [0.717, 1.165) is 13.0 Å². The predicted octanol–water partition coefficient (Wildman–Crippen LogP) is 2.41. The molecule has 1 saturated heterocycles. The van der Waals surface area contributed by atoms with Gasteiger partial charge in [0, 0.05) is 13.0 Å². The molecule has 2 heteroatoms. The minimum atomic E-state index is 0.659. The summed E-state index contributed by atoms with van der Waals surface area (Å²) in [4.78, 5) is 2.51. The third-order valence-electron chi connectivity index (χ3n) is 2.83. The van der Waals surface area contributed by atoms with Gasteiger partial charge < -0.3 is 4.90 Å². The molecule has 2 nitrogen and oxygen atoms in total. The number of hydrogen-bond donors (Lipinski definition) is 0. The molecule has 0 N–H and O–H groups in total. The van der Waals surface area contributed by atoms with Crippen molar-refractivity contribution in [1.29, 1.82) is 5.26 Å². The molecule has 13 heavy (non-hydrogen) atoms. The number of nitriles is 1. The normalized spacial score (nSPS) is 23.2. The van der Waals surface area contributed by atoms with Gasteiger partial charge in [0.25, 0.3) is 0 Å². The van der Waals surface area contributed by atoms with E-state index in [4.69, 9.17) is 5.26 Å². The third kappa shape index (κ3) is 3.78. The van der Waals surface area contributed by atoms with Gasteiger partial charge in [0.1, 0.15) is 0 Å². The summed E-state index contributed by atoms with van der Waals surface area (Å²) in [6.45, 7) is 5.87. The van der Waals surface area contributed by atoms with Crippen LogP contribution < -0.4 is 0 Å². The first-order valence-electron chi connectivity index (χ1n) is 5.46. The van der Waals surface area contributed by atoms with Crippen molar-refractivity contribution in [3.63, 3.8) is 0 Å². The molecule has 0 saturated carbocycles. The summed E-state index contributed by atoms with van der Waals surface area (Å²) in [5.41, 5.74) is 0. The smallest absolute Gasteiger partial charge is 0.0625 e. The molecule has 1 aliphatic rings. The van der Waals surface area contributed by atoms with E-state index in [-0.39, 0.29) is 0 Å². The third-order valence-corrected chi connectivity index (χ3v) is 2.83. The molecular weight excluding hydrogens is 160 g/mol. The Kier molecular flexibility index (Phi) is 4.85. The molecule has 0 aromatic carbocycles. The summed E-state index contributed by atoms with van der Waals surface area (Å²) < 4.78 is 0. The molecule has 1 atom stereocenters. The van der Waals surface area contributed by atoms with E-state index >= 15 is 0 Å².